The Labute approximate surface area is 227 Å². The van der Waals surface area contributed by atoms with Crippen LogP contribution in [0.2, 0.25) is 0 Å². The molecule has 0 saturated carbocycles. The Morgan fingerprint density at radius 1 is 0.436 bits per heavy atom. The molecule has 0 aliphatic carbocycles. The van der Waals surface area contributed by atoms with Crippen molar-refractivity contribution in [2.45, 2.75) is 0 Å². The molecule has 2 heterocycles. The highest BCUT2D eigenvalue weighted by atomic mass is 15.0. The fraction of sp³-hybridized carbons (Fsp3) is 0. The Bertz CT molecular complexity index is 1920. The average Bonchev–Trinajstić information content (AvgIpc) is 3.31. The second-order valence-corrected chi connectivity index (χ2v) is 9.66. The van der Waals surface area contributed by atoms with Gasteiger partial charge in [-0.1, -0.05) is 91.0 Å². The van der Waals surface area contributed by atoms with Gasteiger partial charge in [0.05, 0.1) is 16.7 Å². The molecule has 0 unspecified atom stereocenters. The summed E-state index contributed by atoms with van der Waals surface area (Å²) in [5.41, 5.74) is 10.6. The lowest BCUT2D eigenvalue weighted by Gasteiger charge is -2.10. The number of H-pyrrole nitrogens is 2. The van der Waals surface area contributed by atoms with E-state index in [9.17, 15) is 0 Å². The van der Waals surface area contributed by atoms with Gasteiger partial charge in [-0.05, 0) is 70.3 Å². The Kier molecular flexibility index (Phi) is 5.80. The van der Waals surface area contributed by atoms with Crippen molar-refractivity contribution in [3.05, 3.63) is 152 Å². The topological polar surface area (TPSA) is 36.5 Å². The number of benzene rings is 5. The Morgan fingerprint density at radius 2 is 1.05 bits per heavy atom. The fourth-order valence-electron chi connectivity index (χ4n) is 5.35. The molecule has 39 heavy (non-hydrogen) atoms. The molecule has 7 rings (SSSR count). The van der Waals surface area contributed by atoms with Gasteiger partial charge in [-0.3, -0.25) is 0 Å². The highest BCUT2D eigenvalue weighted by Gasteiger charge is 2.13. The summed E-state index contributed by atoms with van der Waals surface area (Å²) >= 11 is 0. The summed E-state index contributed by atoms with van der Waals surface area (Å²) in [4.78, 5) is 6.51. The summed E-state index contributed by atoms with van der Waals surface area (Å²) in [6, 6.07) is 47.5. The summed E-state index contributed by atoms with van der Waals surface area (Å²) in [5.74, 6) is 0. The molecule has 7 aromatic rings. The Hall–Kier alpha value is -5.28. The predicted octanol–water partition coefficient (Wildman–Crippen LogP) is 9.57. The van der Waals surface area contributed by atoms with Gasteiger partial charge in [0.25, 0.3) is 0 Å². The monoisotopic (exact) mass is 501 g/mol. The van der Waals surface area contributed by atoms with E-state index < -0.39 is 0 Å². The summed E-state index contributed by atoms with van der Waals surface area (Å²) in [5, 5.41) is 2.53. The molecule has 2 aromatic heterocycles. The zero-order valence-corrected chi connectivity index (χ0v) is 21.4. The van der Waals surface area contributed by atoms with Gasteiger partial charge in [-0.25, -0.2) is 0 Å². The van der Waals surface area contributed by atoms with Crippen molar-refractivity contribution in [3.63, 3.8) is 0 Å². The minimum atomic E-state index is 1.03. The first-order valence-corrected chi connectivity index (χ1v) is 13.2. The standard InChI is InChI=1S/C36H27N3/c1-2-8-26(9-3-1)30-18-21-36-33(24-30)32-10-4-5-11-35(32)39(36)31-19-16-28(17-20-31)27-12-14-29(15-13-27)34-25-37-22-6-7-23-38-34/h1-25,37-38H. The van der Waals surface area contributed by atoms with Crippen LogP contribution in [-0.4, -0.2) is 14.5 Å². The van der Waals surface area contributed by atoms with Crippen molar-refractivity contribution in [2.75, 3.05) is 0 Å². The van der Waals surface area contributed by atoms with Crippen LogP contribution in [0.1, 0.15) is 0 Å². The second-order valence-electron chi connectivity index (χ2n) is 9.66. The number of aromatic nitrogens is 3. The fourth-order valence-corrected chi connectivity index (χ4v) is 5.35. The van der Waals surface area contributed by atoms with Gasteiger partial charge in [0.1, 0.15) is 0 Å². The van der Waals surface area contributed by atoms with E-state index in [-0.39, 0.29) is 0 Å². The number of nitrogens with zero attached hydrogens (tertiary/aromatic N) is 1. The Morgan fingerprint density at radius 3 is 1.87 bits per heavy atom. The molecule has 0 aliphatic rings. The number of fused-ring (bicyclic) bond motifs is 3. The van der Waals surface area contributed by atoms with Gasteiger partial charge >= 0.3 is 0 Å². The van der Waals surface area contributed by atoms with Crippen molar-refractivity contribution in [2.24, 2.45) is 0 Å². The molecule has 0 amide bonds. The first kappa shape index (κ1) is 22.9. The number of aromatic amines is 2. The SMILES string of the molecule is c1ccc(-c2ccc3c(c2)c2ccccc2n3-c2ccc(-c3ccc(-c4c[nH]cccc[nH]4)cc3)cc2)cc1. The lowest BCUT2D eigenvalue weighted by atomic mass is 10.0. The van der Waals surface area contributed by atoms with Crippen molar-refractivity contribution in [1.29, 1.82) is 0 Å². The molecule has 3 nitrogen and oxygen atoms in total. The van der Waals surface area contributed by atoms with Crippen molar-refractivity contribution in [3.8, 4) is 39.2 Å². The van der Waals surface area contributed by atoms with Crippen LogP contribution in [0.4, 0.5) is 0 Å². The van der Waals surface area contributed by atoms with Crippen LogP contribution in [0.3, 0.4) is 0 Å². The first-order chi connectivity index (χ1) is 19.3. The maximum atomic E-state index is 3.33. The van der Waals surface area contributed by atoms with Gasteiger partial charge in [-0.15, -0.1) is 0 Å². The molecule has 0 aliphatic heterocycles. The minimum Gasteiger partial charge on any atom is -0.366 e. The van der Waals surface area contributed by atoms with Crippen LogP contribution >= 0.6 is 0 Å². The van der Waals surface area contributed by atoms with E-state index in [0.717, 1.165) is 16.9 Å². The lowest BCUT2D eigenvalue weighted by Crippen LogP contribution is -1.93. The molecule has 2 N–H and O–H groups in total. The smallest absolute Gasteiger partial charge is 0.0616 e. The van der Waals surface area contributed by atoms with E-state index in [4.69, 9.17) is 0 Å². The maximum absolute atomic E-state index is 3.33. The molecule has 186 valence electrons. The molecule has 5 aromatic carbocycles. The number of para-hydroxylation sites is 1. The first-order valence-electron chi connectivity index (χ1n) is 13.2. The average molecular weight is 502 g/mol. The quantitative estimate of drug-likeness (QED) is 0.241. The molecule has 0 radical (unpaired) electrons. The van der Waals surface area contributed by atoms with Crippen LogP contribution in [-0.2, 0) is 0 Å². The zero-order valence-electron chi connectivity index (χ0n) is 21.4. The van der Waals surface area contributed by atoms with E-state index in [0.29, 0.717) is 0 Å². The molecular formula is C36H27N3. The van der Waals surface area contributed by atoms with Crippen LogP contribution in [0, 0.1) is 0 Å². The second kappa shape index (κ2) is 9.88. The number of hydrogen-bond acceptors (Lipinski definition) is 0. The van der Waals surface area contributed by atoms with E-state index in [1.54, 1.807) is 0 Å². The van der Waals surface area contributed by atoms with Crippen LogP contribution in [0.5, 0.6) is 0 Å². The van der Waals surface area contributed by atoms with Gasteiger partial charge < -0.3 is 14.5 Å². The lowest BCUT2D eigenvalue weighted by molar-refractivity contribution is 1.18. The van der Waals surface area contributed by atoms with E-state index >= 15 is 0 Å². The molecule has 0 fully saturated rings. The summed E-state index contributed by atoms with van der Waals surface area (Å²) in [7, 11) is 0. The van der Waals surface area contributed by atoms with Gasteiger partial charge in [-0.2, -0.15) is 0 Å². The van der Waals surface area contributed by atoms with Crippen LogP contribution in [0.15, 0.2) is 152 Å². The highest BCUT2D eigenvalue weighted by Crippen LogP contribution is 2.35. The van der Waals surface area contributed by atoms with Crippen LogP contribution in [0.25, 0.3) is 61.0 Å². The third-order valence-electron chi connectivity index (χ3n) is 7.30. The van der Waals surface area contributed by atoms with Gasteiger partial charge in [0.15, 0.2) is 0 Å². The largest absolute Gasteiger partial charge is 0.366 e. The normalized spacial score (nSPS) is 11.1. The predicted molar refractivity (Wildman–Crippen MR) is 163 cm³/mol. The maximum Gasteiger partial charge on any atom is 0.0616 e. The molecule has 0 atom stereocenters. The number of nitrogens with one attached hydrogen (secondary N) is 2. The molecular weight excluding hydrogens is 474 g/mol. The third kappa shape index (κ3) is 4.30. The van der Waals surface area contributed by atoms with Crippen molar-refractivity contribution in [1.82, 2.24) is 14.5 Å². The molecule has 0 bridgehead atoms. The molecule has 0 spiro atoms. The third-order valence-corrected chi connectivity index (χ3v) is 7.30. The van der Waals surface area contributed by atoms with E-state index in [2.05, 4.69) is 136 Å². The number of rotatable bonds is 4. The molecule has 0 saturated heterocycles. The van der Waals surface area contributed by atoms with Gasteiger partial charge in [0.2, 0.25) is 0 Å². The summed E-state index contributed by atoms with van der Waals surface area (Å²) in [6.45, 7) is 0. The number of hydrogen-bond donors (Lipinski definition) is 2. The summed E-state index contributed by atoms with van der Waals surface area (Å²) in [6.07, 6.45) is 5.82. The summed E-state index contributed by atoms with van der Waals surface area (Å²) < 4.78 is 2.37. The van der Waals surface area contributed by atoms with E-state index in [1.807, 2.05) is 30.7 Å². The zero-order chi connectivity index (χ0) is 26.0. The van der Waals surface area contributed by atoms with Crippen LogP contribution < -0.4 is 0 Å². The minimum absolute atomic E-state index is 1.03. The Balaban J connectivity index is 1.26. The van der Waals surface area contributed by atoms with Crippen molar-refractivity contribution >= 4 is 21.8 Å². The van der Waals surface area contributed by atoms with Gasteiger partial charge in [0, 0.05) is 35.1 Å². The van der Waals surface area contributed by atoms with E-state index in [1.165, 1.54) is 44.1 Å². The van der Waals surface area contributed by atoms with Crippen molar-refractivity contribution < 1.29 is 0 Å². The highest BCUT2D eigenvalue weighted by molar-refractivity contribution is 6.10. The molecule has 3 heteroatoms.